The number of hydrogen-bond donors (Lipinski definition) is 0. The lowest BCUT2D eigenvalue weighted by Crippen LogP contribution is -2.22. The molecule has 0 radical (unpaired) electrons. The molecule has 0 aromatic rings. The maximum atomic E-state index is 3.87. The van der Waals surface area contributed by atoms with Crippen molar-refractivity contribution in [3.63, 3.8) is 0 Å². The Hall–Kier alpha value is -0.260. The molecule has 0 aliphatic heterocycles. The van der Waals surface area contributed by atoms with Gasteiger partial charge in [0.05, 0.1) is 0 Å². The van der Waals surface area contributed by atoms with Gasteiger partial charge in [-0.25, -0.2) is 0 Å². The van der Waals surface area contributed by atoms with Gasteiger partial charge in [-0.1, -0.05) is 52.0 Å². The van der Waals surface area contributed by atoms with Gasteiger partial charge < -0.3 is 0 Å². The second-order valence-corrected chi connectivity index (χ2v) is 5.44. The molecule has 0 heteroatoms. The van der Waals surface area contributed by atoms with E-state index in [9.17, 15) is 0 Å². The third-order valence-electron chi connectivity index (χ3n) is 4.15. The van der Waals surface area contributed by atoms with Crippen LogP contribution >= 0.6 is 0 Å². The molecule has 0 saturated heterocycles. The van der Waals surface area contributed by atoms with Crippen LogP contribution < -0.4 is 0 Å². The molecule has 88 valence electrons. The summed E-state index contributed by atoms with van der Waals surface area (Å²) in [6.45, 7) is 8.63. The maximum Gasteiger partial charge on any atom is -0.0325 e. The molecule has 0 heterocycles. The Balaban J connectivity index is 2.29. The van der Waals surface area contributed by atoms with Gasteiger partial charge in [-0.2, -0.15) is 0 Å². The minimum Gasteiger partial charge on any atom is -0.103 e. The van der Waals surface area contributed by atoms with Crippen LogP contribution in [0.2, 0.25) is 0 Å². The van der Waals surface area contributed by atoms with Crippen molar-refractivity contribution in [2.45, 2.75) is 65.2 Å². The van der Waals surface area contributed by atoms with E-state index in [1.165, 1.54) is 51.4 Å². The van der Waals surface area contributed by atoms with Crippen molar-refractivity contribution in [2.24, 2.45) is 17.8 Å². The number of unbranched alkanes of at least 4 members (excludes halogenated alkanes) is 2. The predicted molar refractivity (Wildman–Crippen MR) is 69.0 cm³/mol. The molecule has 0 N–H and O–H groups in total. The predicted octanol–water partition coefficient (Wildman–Crippen LogP) is 5.20. The van der Waals surface area contributed by atoms with E-state index < -0.39 is 0 Å². The molecule has 0 spiro atoms. The van der Waals surface area contributed by atoms with Crippen molar-refractivity contribution in [3.8, 4) is 0 Å². The summed E-state index contributed by atoms with van der Waals surface area (Å²) in [7, 11) is 0. The smallest absolute Gasteiger partial charge is 0.0325 e. The van der Waals surface area contributed by atoms with Gasteiger partial charge in [-0.3, -0.25) is 0 Å². The Kier molecular flexibility index (Phi) is 6.05. The van der Waals surface area contributed by atoms with Crippen molar-refractivity contribution in [3.05, 3.63) is 12.7 Å². The van der Waals surface area contributed by atoms with Crippen molar-refractivity contribution in [1.29, 1.82) is 0 Å². The molecular weight excluding hydrogens is 180 g/mol. The van der Waals surface area contributed by atoms with Crippen LogP contribution in [0.4, 0.5) is 0 Å². The summed E-state index contributed by atoms with van der Waals surface area (Å²) < 4.78 is 0. The fraction of sp³-hybridized carbons (Fsp3) is 0.867. The summed E-state index contributed by atoms with van der Waals surface area (Å²) in [5.41, 5.74) is 0. The minimum atomic E-state index is 0.949. The normalized spacial score (nSPS) is 31.5. The van der Waals surface area contributed by atoms with Gasteiger partial charge in [0.2, 0.25) is 0 Å². The van der Waals surface area contributed by atoms with Crippen LogP contribution in [0.1, 0.15) is 65.2 Å². The molecule has 0 aromatic carbocycles. The van der Waals surface area contributed by atoms with Crippen LogP contribution in [0.25, 0.3) is 0 Å². The van der Waals surface area contributed by atoms with Crippen LogP contribution in [0.5, 0.6) is 0 Å². The Morgan fingerprint density at radius 3 is 2.73 bits per heavy atom. The first-order valence-electron chi connectivity index (χ1n) is 6.88. The molecule has 1 rings (SSSR count). The highest BCUT2D eigenvalue weighted by atomic mass is 14.3. The summed E-state index contributed by atoms with van der Waals surface area (Å²) in [6, 6.07) is 0. The molecule has 0 aromatic heterocycles. The van der Waals surface area contributed by atoms with Crippen molar-refractivity contribution < 1.29 is 0 Å². The molecule has 1 fully saturated rings. The summed E-state index contributed by atoms with van der Waals surface area (Å²) in [5.74, 6) is 2.93. The Morgan fingerprint density at radius 2 is 2.07 bits per heavy atom. The highest BCUT2D eigenvalue weighted by Crippen LogP contribution is 2.38. The SMILES string of the molecule is C=CCC1CCC(C)C(CCCCC)C1. The third-order valence-corrected chi connectivity index (χ3v) is 4.15. The lowest BCUT2D eigenvalue weighted by molar-refractivity contribution is 0.180. The first-order valence-corrected chi connectivity index (χ1v) is 6.88. The molecule has 3 unspecified atom stereocenters. The second-order valence-electron chi connectivity index (χ2n) is 5.44. The Morgan fingerprint density at radius 1 is 1.27 bits per heavy atom. The highest BCUT2D eigenvalue weighted by Gasteiger charge is 2.26. The van der Waals surface area contributed by atoms with E-state index in [1.54, 1.807) is 0 Å². The molecule has 1 saturated carbocycles. The number of hydrogen-bond acceptors (Lipinski definition) is 0. The second kappa shape index (κ2) is 7.09. The molecule has 0 bridgehead atoms. The molecule has 0 amide bonds. The standard InChI is InChI=1S/C15H28/c1-4-6-7-9-15-12-14(8-5-2)11-10-13(15)3/h5,13-15H,2,4,6-12H2,1,3H3. The van der Waals surface area contributed by atoms with E-state index in [0.29, 0.717) is 0 Å². The van der Waals surface area contributed by atoms with E-state index in [4.69, 9.17) is 0 Å². The lowest BCUT2D eigenvalue weighted by Gasteiger charge is -2.34. The van der Waals surface area contributed by atoms with Crippen LogP contribution in [0, 0.1) is 17.8 Å². The minimum absolute atomic E-state index is 0.949. The molecule has 0 nitrogen and oxygen atoms in total. The van der Waals surface area contributed by atoms with E-state index >= 15 is 0 Å². The molecule has 3 atom stereocenters. The molecule has 1 aliphatic rings. The topological polar surface area (TPSA) is 0 Å². The Labute approximate surface area is 96.2 Å². The third kappa shape index (κ3) is 4.40. The lowest BCUT2D eigenvalue weighted by atomic mass is 9.72. The first-order chi connectivity index (χ1) is 7.27. The largest absolute Gasteiger partial charge is 0.103 e. The van der Waals surface area contributed by atoms with Gasteiger partial charge in [-0.05, 0) is 37.0 Å². The van der Waals surface area contributed by atoms with Gasteiger partial charge in [0.15, 0.2) is 0 Å². The molecular formula is C15H28. The van der Waals surface area contributed by atoms with Crippen molar-refractivity contribution in [1.82, 2.24) is 0 Å². The van der Waals surface area contributed by atoms with Gasteiger partial charge in [0.25, 0.3) is 0 Å². The van der Waals surface area contributed by atoms with E-state index in [2.05, 4.69) is 26.5 Å². The van der Waals surface area contributed by atoms with Crippen LogP contribution in [-0.4, -0.2) is 0 Å². The fourth-order valence-corrected chi connectivity index (χ4v) is 3.02. The van der Waals surface area contributed by atoms with Gasteiger partial charge in [-0.15, -0.1) is 6.58 Å². The fourth-order valence-electron chi connectivity index (χ4n) is 3.02. The first kappa shape index (κ1) is 12.8. The van der Waals surface area contributed by atoms with Crippen LogP contribution in [-0.2, 0) is 0 Å². The zero-order valence-electron chi connectivity index (χ0n) is 10.7. The van der Waals surface area contributed by atoms with Crippen molar-refractivity contribution in [2.75, 3.05) is 0 Å². The summed E-state index contributed by atoms with van der Waals surface area (Å²) in [5, 5.41) is 0. The average molecular weight is 208 g/mol. The quantitative estimate of drug-likeness (QED) is 0.416. The zero-order chi connectivity index (χ0) is 11.1. The molecule has 1 aliphatic carbocycles. The van der Waals surface area contributed by atoms with Gasteiger partial charge in [0.1, 0.15) is 0 Å². The number of rotatable bonds is 6. The van der Waals surface area contributed by atoms with Gasteiger partial charge >= 0.3 is 0 Å². The van der Waals surface area contributed by atoms with E-state index in [1.807, 2.05) is 0 Å². The Bertz CT molecular complexity index is 171. The summed E-state index contributed by atoms with van der Waals surface area (Å²) in [6.07, 6.45) is 13.4. The molecule has 15 heavy (non-hydrogen) atoms. The van der Waals surface area contributed by atoms with Crippen LogP contribution in [0.3, 0.4) is 0 Å². The summed E-state index contributed by atoms with van der Waals surface area (Å²) >= 11 is 0. The number of allylic oxidation sites excluding steroid dienone is 1. The zero-order valence-corrected chi connectivity index (χ0v) is 10.7. The highest BCUT2D eigenvalue weighted by molar-refractivity contribution is 4.82. The van der Waals surface area contributed by atoms with Crippen LogP contribution in [0.15, 0.2) is 12.7 Å². The maximum absolute atomic E-state index is 3.87. The van der Waals surface area contributed by atoms with E-state index in [-0.39, 0.29) is 0 Å². The van der Waals surface area contributed by atoms with Crippen molar-refractivity contribution >= 4 is 0 Å². The summed E-state index contributed by atoms with van der Waals surface area (Å²) in [4.78, 5) is 0. The monoisotopic (exact) mass is 208 g/mol. The van der Waals surface area contributed by atoms with E-state index in [0.717, 1.165) is 17.8 Å². The van der Waals surface area contributed by atoms with Gasteiger partial charge in [0, 0.05) is 0 Å². The average Bonchev–Trinajstić information content (AvgIpc) is 2.23.